The van der Waals surface area contributed by atoms with Crippen molar-refractivity contribution in [2.75, 3.05) is 33.4 Å². The topological polar surface area (TPSA) is 86.7 Å². The highest BCUT2D eigenvalue weighted by Crippen LogP contribution is 2.37. The Labute approximate surface area is 217 Å². The number of carbonyl (C=O) groups is 1. The van der Waals surface area contributed by atoms with Crippen LogP contribution in [-0.2, 0) is 24.6 Å². The Morgan fingerprint density at radius 2 is 1.78 bits per heavy atom. The molecule has 1 N–H and O–H groups in total. The molecule has 8 nitrogen and oxygen atoms in total. The van der Waals surface area contributed by atoms with Gasteiger partial charge in [0.15, 0.2) is 0 Å². The molecule has 0 spiro atoms. The number of piperidine rings is 3. The molecule has 8 heteroatoms. The van der Waals surface area contributed by atoms with Gasteiger partial charge >= 0.3 is 5.97 Å². The number of esters is 1. The number of hydrogen-bond acceptors (Lipinski definition) is 8. The summed E-state index contributed by atoms with van der Waals surface area (Å²) in [7, 11) is 1.58. The molecule has 4 aliphatic heterocycles. The van der Waals surface area contributed by atoms with Crippen LogP contribution >= 0.6 is 0 Å². The van der Waals surface area contributed by atoms with Crippen LogP contribution in [0.5, 0.6) is 11.5 Å². The quantitative estimate of drug-likeness (QED) is 0.360. The molecule has 2 aromatic carbocycles. The number of methoxy groups -OCH3 is 1. The molecule has 0 aliphatic carbocycles. The van der Waals surface area contributed by atoms with Crippen molar-refractivity contribution in [1.82, 2.24) is 4.90 Å². The van der Waals surface area contributed by atoms with Crippen LogP contribution < -0.4 is 9.47 Å². The zero-order chi connectivity index (χ0) is 25.7. The third kappa shape index (κ3) is 5.70. The van der Waals surface area contributed by atoms with E-state index in [1.165, 1.54) is 0 Å². The van der Waals surface area contributed by atoms with E-state index in [1.54, 1.807) is 62.1 Å². The van der Waals surface area contributed by atoms with E-state index in [9.17, 15) is 9.90 Å². The van der Waals surface area contributed by atoms with Gasteiger partial charge in [0, 0.05) is 18.5 Å². The summed E-state index contributed by atoms with van der Waals surface area (Å²) < 4.78 is 27.9. The van der Waals surface area contributed by atoms with Crippen molar-refractivity contribution in [3.63, 3.8) is 0 Å². The zero-order valence-corrected chi connectivity index (χ0v) is 21.2. The monoisotopic (exact) mass is 509 g/mol. The fourth-order valence-electron chi connectivity index (χ4n) is 5.32. The maximum atomic E-state index is 13.7. The number of fused-ring (bicyclic) bond motifs is 3. The van der Waals surface area contributed by atoms with Crippen molar-refractivity contribution in [3.05, 3.63) is 72.2 Å². The first kappa shape index (κ1) is 25.4. The van der Waals surface area contributed by atoms with Crippen LogP contribution in [0.1, 0.15) is 43.2 Å². The number of nitrogens with zero attached hydrogens (tertiary/aromatic N) is 1. The van der Waals surface area contributed by atoms with Crippen LogP contribution in [0.4, 0.5) is 0 Å². The van der Waals surface area contributed by atoms with Crippen LogP contribution in [0.3, 0.4) is 0 Å². The molecule has 2 bridgehead atoms. The summed E-state index contributed by atoms with van der Waals surface area (Å²) in [5, 5.41) is 12.0. The van der Waals surface area contributed by atoms with Gasteiger partial charge < -0.3 is 28.8 Å². The highest BCUT2D eigenvalue weighted by molar-refractivity contribution is 5.85. The van der Waals surface area contributed by atoms with Gasteiger partial charge in [0.2, 0.25) is 11.9 Å². The summed E-state index contributed by atoms with van der Waals surface area (Å²) in [4.78, 5) is 16.0. The van der Waals surface area contributed by atoms with E-state index >= 15 is 0 Å². The number of hydrogen-bond donors (Lipinski definition) is 1. The Morgan fingerprint density at radius 1 is 1.03 bits per heavy atom. The van der Waals surface area contributed by atoms with E-state index < -0.39 is 11.6 Å². The van der Waals surface area contributed by atoms with Gasteiger partial charge in [-0.25, -0.2) is 4.79 Å². The maximum absolute atomic E-state index is 13.7. The van der Waals surface area contributed by atoms with Crippen LogP contribution in [0.25, 0.3) is 0 Å². The minimum atomic E-state index is -1.98. The largest absolute Gasteiger partial charge is 0.497 e. The van der Waals surface area contributed by atoms with Gasteiger partial charge in [-0.3, -0.25) is 4.90 Å². The number of unbranched alkanes of at least 4 members (excludes halogenated alkanes) is 1. The van der Waals surface area contributed by atoms with Crippen LogP contribution in [-0.4, -0.2) is 61.7 Å². The van der Waals surface area contributed by atoms with Crippen molar-refractivity contribution in [3.8, 4) is 11.5 Å². The third-order valence-electron chi connectivity index (χ3n) is 7.53. The highest BCUT2D eigenvalue weighted by Gasteiger charge is 2.45. The van der Waals surface area contributed by atoms with Gasteiger partial charge in [-0.2, -0.15) is 0 Å². The third-order valence-corrected chi connectivity index (χ3v) is 7.53. The summed E-state index contributed by atoms with van der Waals surface area (Å²) in [5.41, 5.74) is -1.16. The molecule has 4 aliphatic rings. The molecule has 37 heavy (non-hydrogen) atoms. The lowest BCUT2D eigenvalue weighted by Crippen LogP contribution is -2.53. The summed E-state index contributed by atoms with van der Waals surface area (Å²) in [6.45, 7) is 3.29. The first-order valence-electron chi connectivity index (χ1n) is 13.1. The van der Waals surface area contributed by atoms with Crippen molar-refractivity contribution >= 4 is 5.97 Å². The lowest BCUT2D eigenvalue weighted by Gasteiger charge is -2.44. The number of rotatable bonds is 11. The van der Waals surface area contributed by atoms with Crippen LogP contribution in [0.2, 0.25) is 0 Å². The molecule has 198 valence electrons. The molecule has 1 unspecified atom stereocenters. The lowest BCUT2D eigenvalue weighted by molar-refractivity contribution is -0.177. The Balaban J connectivity index is 1.31. The first-order chi connectivity index (χ1) is 18.1. The van der Waals surface area contributed by atoms with Crippen molar-refractivity contribution in [2.45, 2.75) is 50.1 Å². The molecule has 0 saturated carbocycles. The van der Waals surface area contributed by atoms with Crippen molar-refractivity contribution in [1.29, 1.82) is 0 Å². The van der Waals surface area contributed by atoms with E-state index in [0.29, 0.717) is 41.7 Å². The summed E-state index contributed by atoms with van der Waals surface area (Å²) in [5.74, 6) is 0.881. The fourth-order valence-corrected chi connectivity index (χ4v) is 5.32. The average molecular weight is 510 g/mol. The molecule has 0 aromatic heterocycles. The summed E-state index contributed by atoms with van der Waals surface area (Å²) >= 11 is 0. The van der Waals surface area contributed by atoms with Gasteiger partial charge in [0.25, 0.3) is 0 Å². The predicted molar refractivity (Wildman–Crippen MR) is 136 cm³/mol. The van der Waals surface area contributed by atoms with E-state index in [0.717, 1.165) is 45.2 Å². The lowest BCUT2D eigenvalue weighted by atomic mass is 9.84. The average Bonchev–Trinajstić information content (AvgIpc) is 3.47. The van der Waals surface area contributed by atoms with Crippen molar-refractivity contribution < 1.29 is 33.6 Å². The zero-order valence-electron chi connectivity index (χ0n) is 21.2. The number of ether oxygens (including phenoxy) is 5. The second kappa shape index (κ2) is 11.4. The maximum Gasteiger partial charge on any atom is 0.348 e. The van der Waals surface area contributed by atoms with E-state index in [-0.39, 0.29) is 12.4 Å². The molecule has 4 heterocycles. The molecule has 3 saturated heterocycles. The molecular weight excluding hydrogens is 474 g/mol. The Morgan fingerprint density at radius 3 is 2.46 bits per heavy atom. The molecule has 0 amide bonds. The van der Waals surface area contributed by atoms with Crippen molar-refractivity contribution in [2.24, 2.45) is 5.92 Å². The van der Waals surface area contributed by atoms with Gasteiger partial charge in [-0.05, 0) is 74.5 Å². The second-order valence-corrected chi connectivity index (χ2v) is 9.87. The van der Waals surface area contributed by atoms with Crippen LogP contribution in [0.15, 0.2) is 61.1 Å². The molecule has 0 radical (unpaired) electrons. The number of carbonyl (C=O) groups excluding carboxylic acids is 1. The van der Waals surface area contributed by atoms with Gasteiger partial charge in [0.1, 0.15) is 30.1 Å². The normalized spacial score (nSPS) is 24.1. The summed E-state index contributed by atoms with van der Waals surface area (Å²) in [6.07, 6.45) is 7.17. The Hall–Kier alpha value is -3.23. The second-order valence-electron chi connectivity index (χ2n) is 9.87. The number of benzene rings is 2. The molecule has 2 aromatic rings. The predicted octanol–water partition coefficient (Wildman–Crippen LogP) is 3.96. The van der Waals surface area contributed by atoms with Crippen LogP contribution in [0, 0.1) is 5.92 Å². The van der Waals surface area contributed by atoms with Gasteiger partial charge in [-0.1, -0.05) is 24.3 Å². The smallest absolute Gasteiger partial charge is 0.348 e. The minimum absolute atomic E-state index is 0.218. The highest BCUT2D eigenvalue weighted by atomic mass is 16.7. The summed E-state index contributed by atoms with van der Waals surface area (Å²) in [6, 6.07) is 13.9. The fraction of sp³-hybridized carbons (Fsp3) is 0.483. The SMILES string of the molecule is COc1ccc(C(O)(C(=O)O[C@H]2CN3CCC2CC3)c2cccc(OCCCCC3OC=CO3)c2)cc1. The Bertz CT molecular complexity index is 1070. The van der Waals surface area contributed by atoms with Gasteiger partial charge in [-0.15, -0.1) is 0 Å². The molecule has 3 fully saturated rings. The standard InChI is InChI=1S/C29H35NO7/c1-33-24-10-8-22(9-11-24)29(32,28(31)37-26-20-30-14-12-21(26)13-15-30)23-5-4-6-25(19-23)34-16-3-2-7-27-35-17-18-36-27/h4-6,8-11,17-19,21,26-27,32H,2-3,7,12-16,20H2,1H3/t26-,29?/m0/s1. The van der Waals surface area contributed by atoms with E-state index in [1.807, 2.05) is 6.07 Å². The number of aliphatic hydroxyl groups is 1. The Kier molecular flexibility index (Phi) is 7.86. The molecule has 6 rings (SSSR count). The molecule has 2 atom stereocenters. The van der Waals surface area contributed by atoms with E-state index in [2.05, 4.69) is 4.90 Å². The molecular formula is C29H35NO7. The first-order valence-corrected chi connectivity index (χ1v) is 13.1. The van der Waals surface area contributed by atoms with Gasteiger partial charge in [0.05, 0.1) is 13.7 Å². The van der Waals surface area contributed by atoms with E-state index in [4.69, 9.17) is 23.7 Å². The minimum Gasteiger partial charge on any atom is -0.497 e.